The maximum Gasteiger partial charge on any atom is 0.0624 e. The van der Waals surface area contributed by atoms with Gasteiger partial charge in [0.15, 0.2) is 0 Å². The molecule has 0 spiro atoms. The topological polar surface area (TPSA) is 29.9 Å². The Morgan fingerprint density at radius 1 is 1.19 bits per heavy atom. The van der Waals surface area contributed by atoms with Crippen LogP contribution in [-0.4, -0.2) is 16.8 Å². The minimum Gasteiger partial charge on any atom is -0.313 e. The van der Waals surface area contributed by atoms with Crippen LogP contribution in [-0.2, 0) is 19.4 Å². The second-order valence-electron chi connectivity index (χ2n) is 5.44. The number of hydrogen-bond acceptors (Lipinski definition) is 2. The summed E-state index contributed by atoms with van der Waals surface area (Å²) in [6.45, 7) is 5.29. The van der Waals surface area contributed by atoms with Crippen molar-refractivity contribution in [3.8, 4) is 0 Å². The fourth-order valence-electron chi connectivity index (χ4n) is 2.81. The molecule has 1 N–H and O–H groups in total. The summed E-state index contributed by atoms with van der Waals surface area (Å²) in [7, 11) is 2.04. The Balaban J connectivity index is 1.92. The Morgan fingerprint density at radius 2 is 1.95 bits per heavy atom. The van der Waals surface area contributed by atoms with E-state index in [0.29, 0.717) is 6.04 Å². The van der Waals surface area contributed by atoms with Crippen LogP contribution < -0.4 is 5.32 Å². The van der Waals surface area contributed by atoms with Crippen LogP contribution in [0.3, 0.4) is 0 Å². The molecule has 1 heterocycles. The van der Waals surface area contributed by atoms with Gasteiger partial charge < -0.3 is 5.32 Å². The largest absolute Gasteiger partial charge is 0.313 e. The molecule has 0 amide bonds. The van der Waals surface area contributed by atoms with E-state index in [1.807, 2.05) is 7.05 Å². The fourth-order valence-corrected chi connectivity index (χ4v) is 2.81. The summed E-state index contributed by atoms with van der Waals surface area (Å²) in [6.07, 6.45) is 4.45. The molecule has 1 aromatic heterocycles. The van der Waals surface area contributed by atoms with Crippen molar-refractivity contribution >= 4 is 0 Å². The van der Waals surface area contributed by atoms with Gasteiger partial charge in [-0.3, -0.25) is 4.68 Å². The molecule has 1 aromatic carbocycles. The number of aryl methyl sites for hydroxylation is 3. The first-order valence-corrected chi connectivity index (χ1v) is 8.06. The van der Waals surface area contributed by atoms with Crippen LogP contribution in [0.4, 0.5) is 0 Å². The number of nitrogens with zero attached hydrogens (tertiary/aromatic N) is 2. The smallest absolute Gasteiger partial charge is 0.0624 e. The van der Waals surface area contributed by atoms with Gasteiger partial charge in [-0.15, -0.1) is 0 Å². The van der Waals surface area contributed by atoms with Crippen molar-refractivity contribution < 1.29 is 0 Å². The third kappa shape index (κ3) is 4.18. The van der Waals surface area contributed by atoms with Crippen LogP contribution in [0.1, 0.15) is 49.7 Å². The summed E-state index contributed by atoms with van der Waals surface area (Å²) >= 11 is 0. The van der Waals surface area contributed by atoms with E-state index in [-0.39, 0.29) is 0 Å². The van der Waals surface area contributed by atoms with Crippen LogP contribution in [0.2, 0.25) is 0 Å². The molecular weight excluding hydrogens is 258 g/mol. The number of rotatable bonds is 8. The lowest BCUT2D eigenvalue weighted by Crippen LogP contribution is -2.16. The van der Waals surface area contributed by atoms with Crippen molar-refractivity contribution in [1.82, 2.24) is 15.1 Å². The lowest BCUT2D eigenvalue weighted by Gasteiger charge is -2.16. The standard InChI is InChI=1S/C18H27N3/c1-4-16-14-17(21(5-2)20-16)12-9-13-18(19-3)15-10-7-6-8-11-15/h6-8,10-11,14,18-19H,4-5,9,12-13H2,1-3H3. The van der Waals surface area contributed by atoms with Gasteiger partial charge in [0.1, 0.15) is 0 Å². The highest BCUT2D eigenvalue weighted by atomic mass is 15.3. The molecule has 2 aromatic rings. The molecule has 0 aliphatic carbocycles. The highest BCUT2D eigenvalue weighted by molar-refractivity contribution is 5.19. The summed E-state index contributed by atoms with van der Waals surface area (Å²) in [5.41, 5.74) is 3.95. The molecule has 0 bridgehead atoms. The first kappa shape index (κ1) is 15.8. The molecule has 0 fully saturated rings. The van der Waals surface area contributed by atoms with Crippen LogP contribution in [0.15, 0.2) is 36.4 Å². The number of hydrogen-bond donors (Lipinski definition) is 1. The predicted octanol–water partition coefficient (Wildman–Crippen LogP) is 3.75. The van der Waals surface area contributed by atoms with Crippen molar-refractivity contribution in [2.75, 3.05) is 7.05 Å². The normalized spacial score (nSPS) is 12.5. The molecule has 0 saturated carbocycles. The molecule has 0 radical (unpaired) electrons. The van der Waals surface area contributed by atoms with Gasteiger partial charge in [-0.05, 0) is 51.3 Å². The van der Waals surface area contributed by atoms with Crippen LogP contribution in [0, 0.1) is 0 Å². The quantitative estimate of drug-likeness (QED) is 0.800. The predicted molar refractivity (Wildman–Crippen MR) is 88.5 cm³/mol. The van der Waals surface area contributed by atoms with Crippen molar-refractivity contribution in [3.63, 3.8) is 0 Å². The Labute approximate surface area is 128 Å². The van der Waals surface area contributed by atoms with Crippen LogP contribution in [0.25, 0.3) is 0 Å². The van der Waals surface area contributed by atoms with Gasteiger partial charge in [0.25, 0.3) is 0 Å². The minimum absolute atomic E-state index is 0.440. The molecular formula is C18H27N3. The molecule has 1 unspecified atom stereocenters. The van der Waals surface area contributed by atoms with E-state index in [1.165, 1.54) is 23.4 Å². The molecule has 21 heavy (non-hydrogen) atoms. The van der Waals surface area contributed by atoms with Crippen molar-refractivity contribution in [2.24, 2.45) is 0 Å². The van der Waals surface area contributed by atoms with Crippen LogP contribution in [0.5, 0.6) is 0 Å². The average molecular weight is 285 g/mol. The second-order valence-corrected chi connectivity index (χ2v) is 5.44. The monoisotopic (exact) mass is 285 g/mol. The summed E-state index contributed by atoms with van der Waals surface area (Å²) in [5.74, 6) is 0. The lowest BCUT2D eigenvalue weighted by molar-refractivity contribution is 0.515. The van der Waals surface area contributed by atoms with Crippen molar-refractivity contribution in [2.45, 2.75) is 52.1 Å². The molecule has 0 aliphatic rings. The fraction of sp³-hybridized carbons (Fsp3) is 0.500. The van der Waals surface area contributed by atoms with Crippen LogP contribution >= 0.6 is 0 Å². The lowest BCUT2D eigenvalue weighted by atomic mass is 10.0. The zero-order valence-corrected chi connectivity index (χ0v) is 13.5. The molecule has 3 heteroatoms. The number of aromatic nitrogens is 2. The zero-order chi connectivity index (χ0) is 15.1. The van der Waals surface area contributed by atoms with E-state index in [2.05, 4.69) is 65.3 Å². The summed E-state index contributed by atoms with van der Waals surface area (Å²) in [4.78, 5) is 0. The highest BCUT2D eigenvalue weighted by Crippen LogP contribution is 2.19. The summed E-state index contributed by atoms with van der Waals surface area (Å²) in [5, 5.41) is 8.05. The number of nitrogens with one attached hydrogen (secondary N) is 1. The van der Waals surface area contributed by atoms with Gasteiger partial charge >= 0.3 is 0 Å². The van der Waals surface area contributed by atoms with Gasteiger partial charge in [0.05, 0.1) is 5.69 Å². The van der Waals surface area contributed by atoms with Gasteiger partial charge in [-0.1, -0.05) is 37.3 Å². The van der Waals surface area contributed by atoms with E-state index in [0.717, 1.165) is 25.8 Å². The first-order valence-electron chi connectivity index (χ1n) is 8.06. The molecule has 2 rings (SSSR count). The summed E-state index contributed by atoms with van der Waals surface area (Å²) in [6, 6.07) is 13.4. The molecule has 1 atom stereocenters. The molecule has 0 saturated heterocycles. The van der Waals surface area contributed by atoms with Gasteiger partial charge in [-0.25, -0.2) is 0 Å². The van der Waals surface area contributed by atoms with Crippen molar-refractivity contribution in [3.05, 3.63) is 53.3 Å². The van der Waals surface area contributed by atoms with E-state index in [1.54, 1.807) is 0 Å². The van der Waals surface area contributed by atoms with E-state index < -0.39 is 0 Å². The summed E-state index contributed by atoms with van der Waals surface area (Å²) < 4.78 is 2.15. The van der Waals surface area contributed by atoms with E-state index in [9.17, 15) is 0 Å². The third-order valence-corrected chi connectivity index (χ3v) is 4.05. The minimum atomic E-state index is 0.440. The van der Waals surface area contributed by atoms with Gasteiger partial charge in [-0.2, -0.15) is 5.10 Å². The van der Waals surface area contributed by atoms with Crippen molar-refractivity contribution in [1.29, 1.82) is 0 Å². The Hall–Kier alpha value is -1.61. The SMILES string of the molecule is CCc1cc(CCCC(NC)c2ccccc2)n(CC)n1. The Morgan fingerprint density at radius 3 is 2.57 bits per heavy atom. The third-order valence-electron chi connectivity index (χ3n) is 4.05. The van der Waals surface area contributed by atoms with Gasteiger partial charge in [0, 0.05) is 18.3 Å². The maximum atomic E-state index is 4.62. The first-order chi connectivity index (χ1) is 10.3. The van der Waals surface area contributed by atoms with Gasteiger partial charge in [0.2, 0.25) is 0 Å². The number of benzene rings is 1. The zero-order valence-electron chi connectivity index (χ0n) is 13.5. The van der Waals surface area contributed by atoms with E-state index >= 15 is 0 Å². The second kappa shape index (κ2) is 7.99. The molecule has 3 nitrogen and oxygen atoms in total. The van der Waals surface area contributed by atoms with E-state index in [4.69, 9.17) is 0 Å². The Kier molecular flexibility index (Phi) is 6.00. The average Bonchev–Trinajstić information content (AvgIpc) is 2.95. The molecule has 114 valence electrons. The Bertz CT molecular complexity index is 531. The highest BCUT2D eigenvalue weighted by Gasteiger charge is 2.10. The maximum absolute atomic E-state index is 4.62. The molecule has 0 aliphatic heterocycles.